The lowest BCUT2D eigenvalue weighted by atomic mass is 10.2. The monoisotopic (exact) mass is 148 g/mol. The zero-order valence-electron chi connectivity index (χ0n) is 4.27. The van der Waals surface area contributed by atoms with Crippen LogP contribution in [-0.2, 0) is 0 Å². The summed E-state index contributed by atoms with van der Waals surface area (Å²) in [7, 11) is 0. The summed E-state index contributed by atoms with van der Waals surface area (Å²) in [5, 5.41) is 0.851. The number of allylic oxidation sites excluding steroid dienone is 4. The van der Waals surface area contributed by atoms with Crippen LogP contribution in [0.5, 0.6) is 0 Å². The molecule has 1 aliphatic carbocycles. The van der Waals surface area contributed by atoms with Gasteiger partial charge in [0, 0.05) is 11.5 Å². The Balaban J connectivity index is 2.60. The van der Waals surface area contributed by atoms with Gasteiger partial charge in [0.1, 0.15) is 0 Å². The van der Waals surface area contributed by atoms with Crippen LogP contribution in [-0.4, -0.2) is 5.38 Å². The van der Waals surface area contributed by atoms with Crippen molar-refractivity contribution in [1.82, 2.24) is 0 Å². The third kappa shape index (κ3) is 1.53. The Morgan fingerprint density at radius 2 is 2.38 bits per heavy atom. The molecule has 0 saturated heterocycles. The number of hydrogen-bond acceptors (Lipinski definition) is 0. The summed E-state index contributed by atoms with van der Waals surface area (Å²) in [4.78, 5) is 0. The van der Waals surface area contributed by atoms with Gasteiger partial charge in [-0.3, -0.25) is 0 Å². The number of rotatable bonds is 0. The first-order valence-corrected chi connectivity index (χ1v) is 3.27. The van der Waals surface area contributed by atoms with Crippen molar-refractivity contribution in [3.8, 4) is 0 Å². The molecule has 0 saturated carbocycles. The SMILES string of the molecule is ClC1=CC(Cl)C=CC1. The van der Waals surface area contributed by atoms with Crippen LogP contribution >= 0.6 is 23.2 Å². The first kappa shape index (κ1) is 6.18. The summed E-state index contributed by atoms with van der Waals surface area (Å²) in [5.74, 6) is 0. The highest BCUT2D eigenvalue weighted by atomic mass is 35.5. The predicted molar refractivity (Wildman–Crippen MR) is 37.3 cm³/mol. The maximum Gasteiger partial charge on any atom is 0.0711 e. The molecule has 0 nitrogen and oxygen atoms in total. The molecule has 0 fully saturated rings. The second-order valence-electron chi connectivity index (χ2n) is 1.69. The minimum absolute atomic E-state index is 0.0104. The molecule has 8 heavy (non-hydrogen) atoms. The quantitative estimate of drug-likeness (QED) is 0.367. The zero-order valence-corrected chi connectivity index (χ0v) is 5.78. The molecule has 1 aliphatic rings. The minimum atomic E-state index is 0.0104. The van der Waals surface area contributed by atoms with Gasteiger partial charge in [0.25, 0.3) is 0 Å². The van der Waals surface area contributed by atoms with Gasteiger partial charge >= 0.3 is 0 Å². The minimum Gasteiger partial charge on any atom is -0.114 e. The summed E-state index contributed by atoms with van der Waals surface area (Å²) in [5.41, 5.74) is 0. The fourth-order valence-corrected chi connectivity index (χ4v) is 1.15. The summed E-state index contributed by atoms with van der Waals surface area (Å²) in [6, 6.07) is 0. The first-order valence-electron chi connectivity index (χ1n) is 2.46. The fraction of sp³-hybridized carbons (Fsp3) is 0.333. The highest BCUT2D eigenvalue weighted by Crippen LogP contribution is 2.17. The van der Waals surface area contributed by atoms with Crippen molar-refractivity contribution in [3.63, 3.8) is 0 Å². The van der Waals surface area contributed by atoms with Crippen molar-refractivity contribution in [1.29, 1.82) is 0 Å². The lowest BCUT2D eigenvalue weighted by molar-refractivity contribution is 1.21. The standard InChI is InChI=1S/C6H6Cl2/c7-5-2-1-3-6(8)4-5/h1-2,4-5H,3H2. The van der Waals surface area contributed by atoms with E-state index in [2.05, 4.69) is 0 Å². The van der Waals surface area contributed by atoms with Crippen LogP contribution in [0.4, 0.5) is 0 Å². The first-order chi connectivity index (χ1) is 3.79. The van der Waals surface area contributed by atoms with E-state index in [0.717, 1.165) is 11.5 Å². The predicted octanol–water partition coefficient (Wildman–Crippen LogP) is 2.68. The van der Waals surface area contributed by atoms with E-state index in [1.54, 1.807) is 0 Å². The van der Waals surface area contributed by atoms with E-state index in [1.807, 2.05) is 18.2 Å². The Hall–Kier alpha value is 0.0600. The van der Waals surface area contributed by atoms with Gasteiger partial charge in [0.2, 0.25) is 0 Å². The van der Waals surface area contributed by atoms with Gasteiger partial charge in [-0.1, -0.05) is 23.8 Å². The van der Waals surface area contributed by atoms with E-state index in [4.69, 9.17) is 23.2 Å². The fourth-order valence-electron chi connectivity index (χ4n) is 0.607. The Labute approximate surface area is 58.8 Å². The molecule has 0 amide bonds. The second kappa shape index (κ2) is 2.56. The Kier molecular flexibility index (Phi) is 1.98. The average Bonchev–Trinajstić information content (AvgIpc) is 1.64. The molecule has 0 aliphatic heterocycles. The topological polar surface area (TPSA) is 0 Å². The summed E-state index contributed by atoms with van der Waals surface area (Å²) in [6.07, 6.45) is 6.57. The Morgan fingerprint density at radius 3 is 2.75 bits per heavy atom. The molecule has 1 rings (SSSR count). The van der Waals surface area contributed by atoms with Gasteiger partial charge in [-0.2, -0.15) is 0 Å². The Bertz CT molecular complexity index is 135. The van der Waals surface area contributed by atoms with E-state index in [1.165, 1.54) is 0 Å². The van der Waals surface area contributed by atoms with Crippen LogP contribution in [0.1, 0.15) is 6.42 Å². The molecular weight excluding hydrogens is 143 g/mol. The van der Waals surface area contributed by atoms with E-state index >= 15 is 0 Å². The van der Waals surface area contributed by atoms with Gasteiger partial charge in [0.05, 0.1) is 5.38 Å². The van der Waals surface area contributed by atoms with Crippen LogP contribution in [0.25, 0.3) is 0 Å². The van der Waals surface area contributed by atoms with Crippen LogP contribution < -0.4 is 0 Å². The summed E-state index contributed by atoms with van der Waals surface area (Å²) in [6.45, 7) is 0. The normalized spacial score (nSPS) is 27.8. The molecule has 0 spiro atoms. The van der Waals surface area contributed by atoms with Crippen molar-refractivity contribution >= 4 is 23.2 Å². The third-order valence-electron chi connectivity index (χ3n) is 0.973. The molecular formula is C6H6Cl2. The molecule has 2 heteroatoms. The van der Waals surface area contributed by atoms with Gasteiger partial charge in [-0.25, -0.2) is 0 Å². The van der Waals surface area contributed by atoms with E-state index in [9.17, 15) is 0 Å². The molecule has 0 bridgehead atoms. The summed E-state index contributed by atoms with van der Waals surface area (Å²) < 4.78 is 0. The lowest BCUT2D eigenvalue weighted by Gasteiger charge is -2.02. The Morgan fingerprint density at radius 1 is 1.62 bits per heavy atom. The zero-order chi connectivity index (χ0) is 5.98. The molecule has 0 aromatic carbocycles. The number of alkyl halides is 1. The van der Waals surface area contributed by atoms with E-state index < -0.39 is 0 Å². The number of halogens is 2. The molecule has 44 valence electrons. The van der Waals surface area contributed by atoms with Gasteiger partial charge in [-0.15, -0.1) is 11.6 Å². The molecule has 0 radical (unpaired) electrons. The van der Waals surface area contributed by atoms with Gasteiger partial charge in [0.15, 0.2) is 0 Å². The average molecular weight is 149 g/mol. The number of hydrogen-bond donors (Lipinski definition) is 0. The van der Waals surface area contributed by atoms with Crippen molar-refractivity contribution in [3.05, 3.63) is 23.3 Å². The molecule has 1 unspecified atom stereocenters. The molecule has 0 aromatic rings. The molecule has 0 heterocycles. The van der Waals surface area contributed by atoms with Crippen molar-refractivity contribution in [2.45, 2.75) is 11.8 Å². The van der Waals surface area contributed by atoms with Crippen LogP contribution in [0.15, 0.2) is 23.3 Å². The van der Waals surface area contributed by atoms with Crippen molar-refractivity contribution < 1.29 is 0 Å². The van der Waals surface area contributed by atoms with Gasteiger partial charge < -0.3 is 0 Å². The molecule has 0 N–H and O–H groups in total. The molecule has 0 aromatic heterocycles. The lowest BCUT2D eigenvalue weighted by Crippen LogP contribution is -1.91. The van der Waals surface area contributed by atoms with Crippen molar-refractivity contribution in [2.24, 2.45) is 0 Å². The maximum absolute atomic E-state index is 5.66. The van der Waals surface area contributed by atoms with Crippen LogP contribution in [0, 0.1) is 0 Å². The van der Waals surface area contributed by atoms with Crippen molar-refractivity contribution in [2.75, 3.05) is 0 Å². The molecule has 1 atom stereocenters. The van der Waals surface area contributed by atoms with Crippen LogP contribution in [0.2, 0.25) is 0 Å². The van der Waals surface area contributed by atoms with Crippen LogP contribution in [0.3, 0.4) is 0 Å². The highest BCUT2D eigenvalue weighted by Gasteiger charge is 2.00. The smallest absolute Gasteiger partial charge is 0.0711 e. The second-order valence-corrected chi connectivity index (χ2v) is 2.68. The maximum atomic E-state index is 5.66. The van der Waals surface area contributed by atoms with E-state index in [0.29, 0.717) is 0 Å². The van der Waals surface area contributed by atoms with E-state index in [-0.39, 0.29) is 5.38 Å². The highest BCUT2D eigenvalue weighted by molar-refractivity contribution is 6.31. The van der Waals surface area contributed by atoms with Gasteiger partial charge in [-0.05, 0) is 6.08 Å². The third-order valence-corrected chi connectivity index (χ3v) is 1.52. The summed E-state index contributed by atoms with van der Waals surface area (Å²) >= 11 is 11.3. The largest absolute Gasteiger partial charge is 0.114 e.